The van der Waals surface area contributed by atoms with Crippen molar-refractivity contribution in [2.75, 3.05) is 7.11 Å². The molecule has 2 aliphatic rings. The first-order valence-electron chi connectivity index (χ1n) is 12.3. The standard InChI is InChI=1S/C25H48O/c1-4-6-8-9-11-19-25(26-3)20-17-24(18-21-25)23-15-13-22(14-16-23)12-10-7-5-2/h22-24H,4-21H2,1-3H3. The van der Waals surface area contributed by atoms with Crippen LogP contribution in [-0.4, -0.2) is 12.7 Å². The van der Waals surface area contributed by atoms with Gasteiger partial charge in [0.05, 0.1) is 5.60 Å². The summed E-state index contributed by atoms with van der Waals surface area (Å²) in [6.45, 7) is 4.63. The van der Waals surface area contributed by atoms with Crippen LogP contribution in [0.25, 0.3) is 0 Å². The van der Waals surface area contributed by atoms with Crippen molar-refractivity contribution in [1.82, 2.24) is 0 Å². The number of unbranched alkanes of at least 4 members (excludes halogenated alkanes) is 6. The van der Waals surface area contributed by atoms with Gasteiger partial charge >= 0.3 is 0 Å². The normalized spacial score (nSPS) is 32.7. The zero-order valence-electron chi connectivity index (χ0n) is 18.4. The minimum Gasteiger partial charge on any atom is -0.378 e. The predicted octanol–water partition coefficient (Wildman–Crippen LogP) is 8.31. The van der Waals surface area contributed by atoms with E-state index < -0.39 is 0 Å². The molecule has 1 nitrogen and oxygen atoms in total. The van der Waals surface area contributed by atoms with Crippen LogP contribution in [0, 0.1) is 17.8 Å². The number of methoxy groups -OCH3 is 1. The first-order chi connectivity index (χ1) is 12.7. The molecule has 0 bridgehead atoms. The Labute approximate surface area is 165 Å². The Balaban J connectivity index is 1.65. The minimum absolute atomic E-state index is 0.236. The van der Waals surface area contributed by atoms with Gasteiger partial charge in [0, 0.05) is 7.11 Å². The molecule has 2 saturated carbocycles. The quantitative estimate of drug-likeness (QED) is 0.316. The van der Waals surface area contributed by atoms with Crippen molar-refractivity contribution in [2.24, 2.45) is 17.8 Å². The minimum atomic E-state index is 0.236. The Kier molecular flexibility index (Phi) is 10.6. The molecule has 0 N–H and O–H groups in total. The van der Waals surface area contributed by atoms with Gasteiger partial charge in [-0.05, 0) is 62.7 Å². The molecule has 1 heteroatoms. The molecule has 154 valence electrons. The van der Waals surface area contributed by atoms with Crippen LogP contribution in [0.2, 0.25) is 0 Å². The fraction of sp³-hybridized carbons (Fsp3) is 1.00. The molecule has 0 saturated heterocycles. The molecule has 2 aliphatic carbocycles. The average molecular weight is 365 g/mol. The first-order valence-corrected chi connectivity index (χ1v) is 12.3. The molecule has 0 atom stereocenters. The fourth-order valence-corrected chi connectivity index (χ4v) is 5.88. The summed E-state index contributed by atoms with van der Waals surface area (Å²) in [5.74, 6) is 3.11. The van der Waals surface area contributed by atoms with E-state index in [0.29, 0.717) is 0 Å². The zero-order chi connectivity index (χ0) is 18.7. The molecule has 0 aromatic heterocycles. The molecule has 26 heavy (non-hydrogen) atoms. The van der Waals surface area contributed by atoms with E-state index in [1.165, 1.54) is 116 Å². The second kappa shape index (κ2) is 12.4. The SMILES string of the molecule is CCCCCCCC1(OC)CCC(C2CCC(CCCCC)CC2)CC1. The highest BCUT2D eigenvalue weighted by Crippen LogP contribution is 2.45. The lowest BCUT2D eigenvalue weighted by atomic mass is 9.67. The van der Waals surface area contributed by atoms with E-state index in [1.54, 1.807) is 0 Å². The monoisotopic (exact) mass is 364 g/mol. The smallest absolute Gasteiger partial charge is 0.0679 e. The van der Waals surface area contributed by atoms with Crippen molar-refractivity contribution in [3.05, 3.63) is 0 Å². The molecule has 0 spiro atoms. The Hall–Kier alpha value is -0.0400. The lowest BCUT2D eigenvalue weighted by Gasteiger charge is -2.43. The van der Waals surface area contributed by atoms with Crippen LogP contribution in [-0.2, 0) is 4.74 Å². The van der Waals surface area contributed by atoms with Gasteiger partial charge in [-0.2, -0.15) is 0 Å². The third-order valence-electron chi connectivity index (χ3n) is 7.88. The predicted molar refractivity (Wildman–Crippen MR) is 115 cm³/mol. The highest BCUT2D eigenvalue weighted by atomic mass is 16.5. The summed E-state index contributed by atoms with van der Waals surface area (Å²) in [5, 5.41) is 0. The van der Waals surface area contributed by atoms with Crippen molar-refractivity contribution < 1.29 is 4.74 Å². The summed E-state index contributed by atoms with van der Waals surface area (Å²) in [5.41, 5.74) is 0.236. The van der Waals surface area contributed by atoms with Gasteiger partial charge in [0.25, 0.3) is 0 Å². The highest BCUT2D eigenvalue weighted by molar-refractivity contribution is 4.90. The number of hydrogen-bond acceptors (Lipinski definition) is 1. The average Bonchev–Trinajstić information content (AvgIpc) is 2.69. The molecule has 0 aromatic rings. The number of ether oxygens (including phenoxy) is 1. The Morgan fingerprint density at radius 3 is 1.88 bits per heavy atom. The van der Waals surface area contributed by atoms with E-state index in [-0.39, 0.29) is 5.60 Å². The molecule has 0 unspecified atom stereocenters. The zero-order valence-corrected chi connectivity index (χ0v) is 18.4. The molecule has 0 amide bonds. The van der Waals surface area contributed by atoms with Crippen LogP contribution in [0.5, 0.6) is 0 Å². The summed E-state index contributed by atoms with van der Waals surface area (Å²) in [6.07, 6.45) is 25.7. The molecule has 0 radical (unpaired) electrons. The van der Waals surface area contributed by atoms with E-state index in [4.69, 9.17) is 4.74 Å². The van der Waals surface area contributed by atoms with Gasteiger partial charge in [-0.15, -0.1) is 0 Å². The topological polar surface area (TPSA) is 9.23 Å². The summed E-state index contributed by atoms with van der Waals surface area (Å²) in [7, 11) is 1.98. The maximum atomic E-state index is 6.09. The molecule has 0 aliphatic heterocycles. The third kappa shape index (κ3) is 7.17. The van der Waals surface area contributed by atoms with Gasteiger partial charge in [0.2, 0.25) is 0 Å². The first kappa shape index (κ1) is 22.3. The largest absolute Gasteiger partial charge is 0.378 e. The number of hydrogen-bond donors (Lipinski definition) is 0. The Morgan fingerprint density at radius 2 is 1.27 bits per heavy atom. The van der Waals surface area contributed by atoms with Crippen molar-refractivity contribution >= 4 is 0 Å². The van der Waals surface area contributed by atoms with Crippen molar-refractivity contribution in [3.63, 3.8) is 0 Å². The van der Waals surface area contributed by atoms with Gasteiger partial charge in [-0.3, -0.25) is 0 Å². The maximum absolute atomic E-state index is 6.09. The van der Waals surface area contributed by atoms with Gasteiger partial charge in [0.1, 0.15) is 0 Å². The maximum Gasteiger partial charge on any atom is 0.0679 e. The molecule has 0 aromatic carbocycles. The number of rotatable bonds is 12. The van der Waals surface area contributed by atoms with Crippen LogP contribution >= 0.6 is 0 Å². The van der Waals surface area contributed by atoms with Crippen LogP contribution < -0.4 is 0 Å². The lowest BCUT2D eigenvalue weighted by molar-refractivity contribution is -0.0639. The van der Waals surface area contributed by atoms with Gasteiger partial charge in [-0.25, -0.2) is 0 Å². The Bertz CT molecular complexity index is 334. The van der Waals surface area contributed by atoms with Crippen LogP contribution in [0.3, 0.4) is 0 Å². The van der Waals surface area contributed by atoms with Gasteiger partial charge in [-0.1, -0.05) is 84.5 Å². The Morgan fingerprint density at radius 1 is 0.692 bits per heavy atom. The molecule has 2 fully saturated rings. The van der Waals surface area contributed by atoms with Gasteiger partial charge < -0.3 is 4.74 Å². The van der Waals surface area contributed by atoms with E-state index in [9.17, 15) is 0 Å². The second-order valence-corrected chi connectivity index (χ2v) is 9.67. The molecule has 2 rings (SSSR count). The van der Waals surface area contributed by atoms with Crippen LogP contribution in [0.15, 0.2) is 0 Å². The van der Waals surface area contributed by atoms with E-state index in [0.717, 1.165) is 17.8 Å². The molecular formula is C25H48O. The van der Waals surface area contributed by atoms with E-state index in [2.05, 4.69) is 13.8 Å². The van der Waals surface area contributed by atoms with Gasteiger partial charge in [0.15, 0.2) is 0 Å². The molecule has 0 heterocycles. The second-order valence-electron chi connectivity index (χ2n) is 9.67. The summed E-state index contributed by atoms with van der Waals surface area (Å²) >= 11 is 0. The van der Waals surface area contributed by atoms with Crippen LogP contribution in [0.4, 0.5) is 0 Å². The van der Waals surface area contributed by atoms with E-state index in [1.807, 2.05) is 7.11 Å². The summed E-state index contributed by atoms with van der Waals surface area (Å²) < 4.78 is 6.09. The lowest BCUT2D eigenvalue weighted by Crippen LogP contribution is -2.38. The summed E-state index contributed by atoms with van der Waals surface area (Å²) in [6, 6.07) is 0. The third-order valence-corrected chi connectivity index (χ3v) is 7.88. The fourth-order valence-electron chi connectivity index (χ4n) is 5.88. The van der Waals surface area contributed by atoms with Crippen molar-refractivity contribution in [2.45, 2.75) is 135 Å². The van der Waals surface area contributed by atoms with E-state index >= 15 is 0 Å². The summed E-state index contributed by atoms with van der Waals surface area (Å²) in [4.78, 5) is 0. The van der Waals surface area contributed by atoms with Crippen molar-refractivity contribution in [1.29, 1.82) is 0 Å². The van der Waals surface area contributed by atoms with Crippen molar-refractivity contribution in [3.8, 4) is 0 Å². The van der Waals surface area contributed by atoms with Crippen LogP contribution in [0.1, 0.15) is 129 Å². The molecular weight excluding hydrogens is 316 g/mol. The highest BCUT2D eigenvalue weighted by Gasteiger charge is 2.38.